The number of esters is 1. The van der Waals surface area contributed by atoms with Crippen LogP contribution in [0.15, 0.2) is 12.2 Å². The molecule has 2 fully saturated rings. The van der Waals surface area contributed by atoms with E-state index >= 15 is 0 Å². The van der Waals surface area contributed by atoms with E-state index in [0.29, 0.717) is 6.42 Å². The number of aliphatic hydroxyl groups excluding tert-OH is 1. The Labute approximate surface area is 88.9 Å². The average Bonchev–Trinajstić information content (AvgIpc) is 2.44. The molecule has 1 N–H and O–H groups in total. The van der Waals surface area contributed by atoms with Gasteiger partial charge in [-0.05, 0) is 20.3 Å². The molecule has 0 aromatic heterocycles. The van der Waals surface area contributed by atoms with Gasteiger partial charge >= 0.3 is 5.97 Å². The highest BCUT2D eigenvalue weighted by Gasteiger charge is 2.49. The molecule has 0 aliphatic carbocycles. The normalized spacial score (nSPS) is 45.5. The number of aliphatic hydroxyl groups is 1. The molecule has 15 heavy (non-hydrogen) atoms. The van der Waals surface area contributed by atoms with E-state index in [1.807, 2.05) is 26.0 Å². The van der Waals surface area contributed by atoms with E-state index in [0.717, 1.165) is 0 Å². The van der Waals surface area contributed by atoms with Crippen molar-refractivity contribution in [3.63, 3.8) is 0 Å². The maximum atomic E-state index is 11.4. The molecule has 0 unspecified atom stereocenters. The van der Waals surface area contributed by atoms with Crippen LogP contribution in [-0.2, 0) is 14.3 Å². The third-order valence-electron chi connectivity index (χ3n) is 3.04. The quantitative estimate of drug-likeness (QED) is 0.512. The van der Waals surface area contributed by atoms with Crippen molar-refractivity contribution in [3.8, 4) is 0 Å². The Morgan fingerprint density at radius 1 is 1.53 bits per heavy atom. The highest BCUT2D eigenvalue weighted by Crippen LogP contribution is 2.35. The van der Waals surface area contributed by atoms with E-state index in [4.69, 9.17) is 9.47 Å². The Morgan fingerprint density at radius 2 is 2.27 bits per heavy atom. The number of rotatable bonds is 1. The summed E-state index contributed by atoms with van der Waals surface area (Å²) in [6.45, 7) is 3.70. The molecule has 0 aromatic carbocycles. The van der Waals surface area contributed by atoms with Crippen molar-refractivity contribution in [2.75, 3.05) is 0 Å². The van der Waals surface area contributed by atoms with Gasteiger partial charge in [-0.3, -0.25) is 4.79 Å². The topological polar surface area (TPSA) is 55.8 Å². The zero-order chi connectivity index (χ0) is 11.0. The molecule has 2 heterocycles. The number of cyclic esters (lactones) is 1. The lowest BCUT2D eigenvalue weighted by Crippen LogP contribution is -2.45. The van der Waals surface area contributed by atoms with Crippen molar-refractivity contribution in [1.29, 1.82) is 0 Å². The minimum absolute atomic E-state index is 0.206. The van der Waals surface area contributed by atoms with Gasteiger partial charge in [0.15, 0.2) is 0 Å². The van der Waals surface area contributed by atoms with Crippen LogP contribution >= 0.6 is 0 Å². The summed E-state index contributed by atoms with van der Waals surface area (Å²) >= 11 is 0. The van der Waals surface area contributed by atoms with Crippen LogP contribution in [0.3, 0.4) is 0 Å². The van der Waals surface area contributed by atoms with E-state index in [-0.39, 0.29) is 30.2 Å². The van der Waals surface area contributed by atoms with Gasteiger partial charge in [-0.15, -0.1) is 0 Å². The smallest absolute Gasteiger partial charge is 0.312 e. The lowest BCUT2D eigenvalue weighted by atomic mass is 9.89. The lowest BCUT2D eigenvalue weighted by Gasteiger charge is -2.33. The van der Waals surface area contributed by atoms with Gasteiger partial charge in [0.05, 0.1) is 12.0 Å². The summed E-state index contributed by atoms with van der Waals surface area (Å²) in [4.78, 5) is 11.4. The summed E-state index contributed by atoms with van der Waals surface area (Å²) in [6, 6.07) is 0. The third kappa shape index (κ3) is 1.79. The minimum Gasteiger partial charge on any atom is -0.460 e. The molecular formula is C11H16O4. The van der Waals surface area contributed by atoms with Gasteiger partial charge in [-0.1, -0.05) is 12.2 Å². The van der Waals surface area contributed by atoms with Crippen LogP contribution < -0.4 is 0 Å². The van der Waals surface area contributed by atoms with E-state index in [9.17, 15) is 9.90 Å². The molecule has 0 aromatic rings. The van der Waals surface area contributed by atoms with Gasteiger partial charge in [0.25, 0.3) is 0 Å². The number of allylic oxidation sites excluding steroid dienone is 1. The van der Waals surface area contributed by atoms with E-state index in [2.05, 4.69) is 0 Å². The van der Waals surface area contributed by atoms with Crippen molar-refractivity contribution in [1.82, 2.24) is 0 Å². The molecule has 0 saturated carbocycles. The summed E-state index contributed by atoms with van der Waals surface area (Å²) in [5.74, 6) is -0.540. The van der Waals surface area contributed by atoms with Crippen molar-refractivity contribution in [2.24, 2.45) is 5.92 Å². The maximum absolute atomic E-state index is 11.4. The predicted molar refractivity (Wildman–Crippen MR) is 53.1 cm³/mol. The number of carbonyl (C=O) groups is 1. The Hall–Kier alpha value is -0.870. The van der Waals surface area contributed by atoms with Crippen LogP contribution in [0.2, 0.25) is 0 Å². The number of ether oxygens (including phenoxy) is 2. The summed E-state index contributed by atoms with van der Waals surface area (Å²) in [5, 5.41) is 9.77. The number of hydrogen-bond donors (Lipinski definition) is 1. The average molecular weight is 212 g/mol. The molecule has 2 aliphatic rings. The molecule has 84 valence electrons. The Morgan fingerprint density at radius 3 is 2.93 bits per heavy atom. The fourth-order valence-electron chi connectivity index (χ4n) is 2.26. The number of fused-ring (bicyclic) bond motifs is 1. The Bertz CT molecular complexity index is 286. The first-order valence-electron chi connectivity index (χ1n) is 5.30. The van der Waals surface area contributed by atoms with Gasteiger partial charge in [0.1, 0.15) is 18.3 Å². The molecule has 4 nitrogen and oxygen atoms in total. The Balaban J connectivity index is 2.13. The van der Waals surface area contributed by atoms with Crippen LogP contribution in [0.1, 0.15) is 20.3 Å². The molecule has 0 bridgehead atoms. The van der Waals surface area contributed by atoms with Crippen LogP contribution in [0.25, 0.3) is 0 Å². The van der Waals surface area contributed by atoms with E-state index in [1.54, 1.807) is 0 Å². The largest absolute Gasteiger partial charge is 0.460 e. The molecule has 2 aliphatic heterocycles. The first-order valence-corrected chi connectivity index (χ1v) is 5.30. The van der Waals surface area contributed by atoms with Crippen LogP contribution in [0.4, 0.5) is 0 Å². The second-order valence-corrected chi connectivity index (χ2v) is 4.14. The van der Waals surface area contributed by atoms with Crippen LogP contribution in [0.5, 0.6) is 0 Å². The van der Waals surface area contributed by atoms with Crippen molar-refractivity contribution in [2.45, 2.75) is 44.7 Å². The van der Waals surface area contributed by atoms with E-state index < -0.39 is 6.10 Å². The molecule has 2 rings (SSSR count). The molecule has 0 radical (unpaired) electrons. The molecule has 2 saturated heterocycles. The summed E-state index contributed by atoms with van der Waals surface area (Å²) in [5.41, 5.74) is 0. The van der Waals surface area contributed by atoms with Crippen LogP contribution in [0, 0.1) is 5.92 Å². The highest BCUT2D eigenvalue weighted by molar-refractivity contribution is 5.76. The molecule has 5 atom stereocenters. The summed E-state index contributed by atoms with van der Waals surface area (Å²) in [6.07, 6.45) is 2.76. The number of carbonyl (C=O) groups excluding carboxylic acids is 1. The monoisotopic (exact) mass is 212 g/mol. The molecule has 0 amide bonds. The predicted octanol–water partition coefficient (Wildman–Crippen LogP) is 0.642. The fourth-order valence-corrected chi connectivity index (χ4v) is 2.26. The highest BCUT2D eigenvalue weighted by atomic mass is 16.6. The zero-order valence-electron chi connectivity index (χ0n) is 8.92. The lowest BCUT2D eigenvalue weighted by molar-refractivity contribution is -0.146. The van der Waals surface area contributed by atoms with Crippen molar-refractivity contribution < 1.29 is 19.4 Å². The maximum Gasteiger partial charge on any atom is 0.312 e. The van der Waals surface area contributed by atoms with Crippen molar-refractivity contribution in [3.05, 3.63) is 12.2 Å². The van der Waals surface area contributed by atoms with Gasteiger partial charge < -0.3 is 14.6 Å². The van der Waals surface area contributed by atoms with Gasteiger partial charge in [0, 0.05) is 0 Å². The second kappa shape index (κ2) is 3.94. The number of hydrogen-bond acceptors (Lipinski definition) is 4. The fraction of sp³-hybridized carbons (Fsp3) is 0.727. The van der Waals surface area contributed by atoms with E-state index in [1.165, 1.54) is 0 Å². The summed E-state index contributed by atoms with van der Waals surface area (Å²) < 4.78 is 10.7. The summed E-state index contributed by atoms with van der Waals surface area (Å²) in [7, 11) is 0. The SMILES string of the molecule is C/C=C/[C@@H]1O[C@@H]2[C@H](C)OC(=O)[C@@H]2C[C@@H]1O. The van der Waals surface area contributed by atoms with Crippen LogP contribution in [-0.4, -0.2) is 35.5 Å². The van der Waals surface area contributed by atoms with Gasteiger partial charge in [-0.2, -0.15) is 0 Å². The second-order valence-electron chi connectivity index (χ2n) is 4.14. The van der Waals surface area contributed by atoms with Gasteiger partial charge in [0.2, 0.25) is 0 Å². The third-order valence-corrected chi connectivity index (χ3v) is 3.04. The van der Waals surface area contributed by atoms with Gasteiger partial charge in [-0.25, -0.2) is 0 Å². The molecule has 0 spiro atoms. The molecular weight excluding hydrogens is 196 g/mol. The Kier molecular flexibility index (Phi) is 2.80. The molecule has 4 heteroatoms. The zero-order valence-corrected chi connectivity index (χ0v) is 8.92. The first kappa shape index (κ1) is 10.6. The van der Waals surface area contributed by atoms with Crippen molar-refractivity contribution >= 4 is 5.97 Å². The minimum atomic E-state index is -0.611. The standard InChI is InChI=1S/C11H16O4/c1-3-4-9-8(12)5-7-10(15-9)6(2)14-11(7)13/h3-4,6-10,12H,5H2,1-2H3/b4-3+/t6-,7+,8-,9-,10+/m0/s1. The first-order chi connectivity index (χ1) is 7.13.